The first-order valence-corrected chi connectivity index (χ1v) is 7.66. The molecule has 0 aliphatic heterocycles. The quantitative estimate of drug-likeness (QED) is 0.895. The van der Waals surface area contributed by atoms with Crippen molar-refractivity contribution in [1.82, 2.24) is 0 Å². The molecule has 0 heterocycles. The van der Waals surface area contributed by atoms with E-state index in [1.807, 2.05) is 0 Å². The number of nitrogens with zero attached hydrogens (tertiary/aromatic N) is 1. The predicted octanol–water partition coefficient (Wildman–Crippen LogP) is 3.65. The van der Waals surface area contributed by atoms with Gasteiger partial charge >= 0.3 is 0 Å². The van der Waals surface area contributed by atoms with Crippen molar-refractivity contribution in [1.29, 1.82) is 0 Å². The van der Waals surface area contributed by atoms with Crippen LogP contribution in [0, 0.1) is 6.92 Å². The van der Waals surface area contributed by atoms with E-state index in [0.717, 1.165) is 12.5 Å². The smallest absolute Gasteiger partial charge is 0.0368 e. The summed E-state index contributed by atoms with van der Waals surface area (Å²) in [6, 6.07) is 7.81. The highest BCUT2D eigenvalue weighted by Crippen LogP contribution is 2.27. The molecule has 1 fully saturated rings. The second-order valence-electron chi connectivity index (χ2n) is 6.19. The molecule has 1 aliphatic rings. The summed E-state index contributed by atoms with van der Waals surface area (Å²) >= 11 is 0. The Bertz CT molecular complexity index is 406. The fraction of sp³-hybridized carbons (Fsp3) is 0.647. The first-order valence-electron chi connectivity index (χ1n) is 7.66. The molecule has 1 atom stereocenters. The van der Waals surface area contributed by atoms with E-state index in [1.165, 1.54) is 48.9 Å². The van der Waals surface area contributed by atoms with Gasteiger partial charge in [-0.15, -0.1) is 0 Å². The molecule has 0 saturated heterocycles. The molecule has 0 aromatic heterocycles. The number of hydrogen-bond acceptors (Lipinski definition) is 2. The maximum Gasteiger partial charge on any atom is 0.0368 e. The minimum absolute atomic E-state index is 0.237. The van der Waals surface area contributed by atoms with Gasteiger partial charge in [0.1, 0.15) is 0 Å². The number of benzene rings is 1. The molecule has 1 aromatic carbocycles. The van der Waals surface area contributed by atoms with Crippen LogP contribution in [0.25, 0.3) is 0 Å². The molecule has 2 rings (SSSR count). The summed E-state index contributed by atoms with van der Waals surface area (Å²) in [6.07, 6.45) is 7.84. The van der Waals surface area contributed by atoms with Crippen LogP contribution in [0.1, 0.15) is 50.2 Å². The molecule has 0 radical (unpaired) electrons. The van der Waals surface area contributed by atoms with E-state index in [-0.39, 0.29) is 6.04 Å². The standard InChI is InChI=1S/C17H28N2/c1-13-11-17(10-9-15(13)12-14(2)18)19(3)16-7-5-4-6-8-16/h9-11,14,16H,4-8,12,18H2,1-3H3. The van der Waals surface area contributed by atoms with Gasteiger partial charge in [0.05, 0.1) is 0 Å². The van der Waals surface area contributed by atoms with Crippen LogP contribution < -0.4 is 10.6 Å². The van der Waals surface area contributed by atoms with Crippen molar-refractivity contribution in [2.24, 2.45) is 5.73 Å². The first-order chi connectivity index (χ1) is 9.08. The average Bonchev–Trinajstić information content (AvgIpc) is 2.41. The molecule has 19 heavy (non-hydrogen) atoms. The highest BCUT2D eigenvalue weighted by atomic mass is 15.1. The highest BCUT2D eigenvalue weighted by molar-refractivity contribution is 5.51. The van der Waals surface area contributed by atoms with Crippen molar-refractivity contribution in [2.75, 3.05) is 11.9 Å². The van der Waals surface area contributed by atoms with Gasteiger partial charge < -0.3 is 10.6 Å². The molecule has 0 bridgehead atoms. The maximum atomic E-state index is 5.90. The maximum absolute atomic E-state index is 5.90. The lowest BCUT2D eigenvalue weighted by Gasteiger charge is -2.33. The zero-order valence-corrected chi connectivity index (χ0v) is 12.7. The molecule has 1 saturated carbocycles. The zero-order valence-electron chi connectivity index (χ0n) is 12.7. The van der Waals surface area contributed by atoms with E-state index in [2.05, 4.69) is 44.0 Å². The third-order valence-electron chi connectivity index (χ3n) is 4.40. The number of rotatable bonds is 4. The Kier molecular flexibility index (Phi) is 4.87. The second kappa shape index (κ2) is 6.42. The number of hydrogen-bond donors (Lipinski definition) is 1. The van der Waals surface area contributed by atoms with E-state index < -0.39 is 0 Å². The third-order valence-corrected chi connectivity index (χ3v) is 4.40. The van der Waals surface area contributed by atoms with Crippen molar-refractivity contribution in [3.05, 3.63) is 29.3 Å². The molecule has 1 unspecified atom stereocenters. The van der Waals surface area contributed by atoms with E-state index in [4.69, 9.17) is 5.73 Å². The fourth-order valence-corrected chi connectivity index (χ4v) is 3.15. The van der Waals surface area contributed by atoms with Crippen LogP contribution in [0.15, 0.2) is 18.2 Å². The van der Waals surface area contributed by atoms with Crippen molar-refractivity contribution in [2.45, 2.75) is 64.5 Å². The summed E-state index contributed by atoms with van der Waals surface area (Å²) < 4.78 is 0. The lowest BCUT2D eigenvalue weighted by atomic mass is 9.93. The van der Waals surface area contributed by atoms with Crippen LogP contribution in [0.5, 0.6) is 0 Å². The number of nitrogens with two attached hydrogens (primary N) is 1. The Morgan fingerprint density at radius 3 is 2.53 bits per heavy atom. The van der Waals surface area contributed by atoms with Gasteiger partial charge in [-0.05, 0) is 56.4 Å². The first kappa shape index (κ1) is 14.4. The van der Waals surface area contributed by atoms with Crippen LogP contribution in [0.4, 0.5) is 5.69 Å². The van der Waals surface area contributed by atoms with E-state index >= 15 is 0 Å². The van der Waals surface area contributed by atoms with Crippen molar-refractivity contribution in [3.63, 3.8) is 0 Å². The largest absolute Gasteiger partial charge is 0.372 e. The summed E-state index contributed by atoms with van der Waals surface area (Å²) in [5.41, 5.74) is 10.0. The Hall–Kier alpha value is -1.02. The van der Waals surface area contributed by atoms with Gasteiger partial charge in [-0.1, -0.05) is 25.3 Å². The molecule has 2 nitrogen and oxygen atoms in total. The topological polar surface area (TPSA) is 29.3 Å². The molecule has 0 spiro atoms. The summed E-state index contributed by atoms with van der Waals surface area (Å²) in [5.74, 6) is 0. The van der Waals surface area contributed by atoms with Gasteiger partial charge in [0.25, 0.3) is 0 Å². The Balaban J connectivity index is 2.09. The minimum Gasteiger partial charge on any atom is -0.372 e. The van der Waals surface area contributed by atoms with Crippen molar-refractivity contribution < 1.29 is 0 Å². The zero-order chi connectivity index (χ0) is 13.8. The summed E-state index contributed by atoms with van der Waals surface area (Å²) in [4.78, 5) is 2.47. The molecule has 0 amide bonds. The van der Waals surface area contributed by atoms with E-state index in [0.29, 0.717) is 0 Å². The Morgan fingerprint density at radius 2 is 1.95 bits per heavy atom. The Morgan fingerprint density at radius 1 is 1.26 bits per heavy atom. The van der Waals surface area contributed by atoms with Crippen molar-refractivity contribution in [3.8, 4) is 0 Å². The molecular formula is C17H28N2. The molecule has 2 heteroatoms. The van der Waals surface area contributed by atoms with Crippen molar-refractivity contribution >= 4 is 5.69 Å². The average molecular weight is 260 g/mol. The fourth-order valence-electron chi connectivity index (χ4n) is 3.15. The molecular weight excluding hydrogens is 232 g/mol. The van der Waals surface area contributed by atoms with Crippen LogP contribution in [0.2, 0.25) is 0 Å². The van der Waals surface area contributed by atoms with Crippen LogP contribution in [-0.4, -0.2) is 19.1 Å². The van der Waals surface area contributed by atoms with Crippen LogP contribution in [0.3, 0.4) is 0 Å². The van der Waals surface area contributed by atoms with Crippen LogP contribution in [-0.2, 0) is 6.42 Å². The lowest BCUT2D eigenvalue weighted by Crippen LogP contribution is -2.33. The lowest BCUT2D eigenvalue weighted by molar-refractivity contribution is 0.427. The van der Waals surface area contributed by atoms with Gasteiger partial charge in [-0.25, -0.2) is 0 Å². The minimum atomic E-state index is 0.237. The van der Waals surface area contributed by atoms with Crippen LogP contribution >= 0.6 is 0 Å². The highest BCUT2D eigenvalue weighted by Gasteiger charge is 2.18. The Labute approximate surface area is 118 Å². The summed E-state index contributed by atoms with van der Waals surface area (Å²) in [6.45, 7) is 4.28. The van der Waals surface area contributed by atoms with E-state index in [1.54, 1.807) is 0 Å². The van der Waals surface area contributed by atoms with E-state index in [9.17, 15) is 0 Å². The van der Waals surface area contributed by atoms with Gasteiger partial charge in [0, 0.05) is 24.8 Å². The molecule has 1 aliphatic carbocycles. The molecule has 106 valence electrons. The normalized spacial score (nSPS) is 18.3. The van der Waals surface area contributed by atoms with Gasteiger partial charge in [0.15, 0.2) is 0 Å². The monoisotopic (exact) mass is 260 g/mol. The number of anilines is 1. The van der Waals surface area contributed by atoms with Gasteiger partial charge in [0.2, 0.25) is 0 Å². The van der Waals surface area contributed by atoms with Gasteiger partial charge in [-0.3, -0.25) is 0 Å². The SMILES string of the molecule is Cc1cc(N(C)C2CCCCC2)ccc1CC(C)N. The predicted molar refractivity (Wildman–Crippen MR) is 83.8 cm³/mol. The molecule has 2 N–H and O–H groups in total. The van der Waals surface area contributed by atoms with Gasteiger partial charge in [-0.2, -0.15) is 0 Å². The summed E-state index contributed by atoms with van der Waals surface area (Å²) in [5, 5.41) is 0. The summed E-state index contributed by atoms with van der Waals surface area (Å²) in [7, 11) is 2.25. The number of aryl methyl sites for hydroxylation is 1. The molecule has 1 aromatic rings. The third kappa shape index (κ3) is 3.73. The second-order valence-corrected chi connectivity index (χ2v) is 6.19.